The molecule has 1 aromatic rings. The third kappa shape index (κ3) is 5.17. The summed E-state index contributed by atoms with van der Waals surface area (Å²) < 4.78 is 5.38. The number of halogens is 1. The molecule has 1 saturated heterocycles. The van der Waals surface area contributed by atoms with Crippen molar-refractivity contribution in [1.29, 1.82) is 0 Å². The summed E-state index contributed by atoms with van der Waals surface area (Å²) >= 11 is 5.76. The van der Waals surface area contributed by atoms with E-state index in [1.165, 1.54) is 0 Å². The molecule has 1 fully saturated rings. The SMILES string of the molecule is CC(C)(C)OC(=O)N1CC[C@H](NCc2ccc(Cl)nc2)C1. The Hall–Kier alpha value is -1.33. The Labute approximate surface area is 130 Å². The summed E-state index contributed by atoms with van der Waals surface area (Å²) in [5.41, 5.74) is 0.632. The number of carbonyl (C=O) groups excluding carboxylic acids is 1. The molecule has 1 amide bonds. The molecule has 1 aliphatic heterocycles. The van der Waals surface area contributed by atoms with Gasteiger partial charge in [-0.05, 0) is 38.8 Å². The van der Waals surface area contributed by atoms with Crippen molar-refractivity contribution in [1.82, 2.24) is 15.2 Å². The predicted octanol–water partition coefficient (Wildman–Crippen LogP) is 2.83. The van der Waals surface area contributed by atoms with Crippen LogP contribution in [0.2, 0.25) is 5.15 Å². The van der Waals surface area contributed by atoms with Crippen LogP contribution in [-0.2, 0) is 11.3 Å². The van der Waals surface area contributed by atoms with Crippen molar-refractivity contribution in [3.05, 3.63) is 29.0 Å². The van der Waals surface area contributed by atoms with Gasteiger partial charge in [-0.2, -0.15) is 0 Å². The first-order valence-corrected chi connectivity index (χ1v) is 7.53. The highest BCUT2D eigenvalue weighted by molar-refractivity contribution is 6.29. The summed E-state index contributed by atoms with van der Waals surface area (Å²) in [5.74, 6) is 0. The van der Waals surface area contributed by atoms with Crippen LogP contribution in [0.1, 0.15) is 32.8 Å². The maximum atomic E-state index is 12.0. The van der Waals surface area contributed by atoms with Crippen LogP contribution in [0.3, 0.4) is 0 Å². The molecule has 1 aliphatic rings. The van der Waals surface area contributed by atoms with E-state index < -0.39 is 5.60 Å². The van der Waals surface area contributed by atoms with Crippen LogP contribution < -0.4 is 5.32 Å². The van der Waals surface area contributed by atoms with Crippen molar-refractivity contribution >= 4 is 17.7 Å². The third-order valence-corrected chi connectivity index (χ3v) is 3.45. The zero-order valence-corrected chi connectivity index (χ0v) is 13.5. The second-order valence-electron chi connectivity index (χ2n) is 6.28. The van der Waals surface area contributed by atoms with Gasteiger partial charge in [0.2, 0.25) is 0 Å². The number of likely N-dealkylation sites (tertiary alicyclic amines) is 1. The lowest BCUT2D eigenvalue weighted by molar-refractivity contribution is 0.0291. The van der Waals surface area contributed by atoms with Gasteiger partial charge < -0.3 is 15.0 Å². The Balaban J connectivity index is 1.77. The lowest BCUT2D eigenvalue weighted by Crippen LogP contribution is -2.38. The molecule has 2 rings (SSSR count). The molecular formula is C15H22ClN3O2. The number of rotatable bonds is 3. The van der Waals surface area contributed by atoms with Gasteiger partial charge in [-0.3, -0.25) is 0 Å². The number of nitrogens with zero attached hydrogens (tertiary/aromatic N) is 2. The normalized spacial score (nSPS) is 18.9. The number of hydrogen-bond acceptors (Lipinski definition) is 4. The summed E-state index contributed by atoms with van der Waals surface area (Å²) in [6.07, 6.45) is 2.45. The number of carbonyl (C=O) groups is 1. The lowest BCUT2D eigenvalue weighted by atomic mass is 10.2. The first-order chi connectivity index (χ1) is 9.83. The molecule has 1 atom stereocenters. The van der Waals surface area contributed by atoms with E-state index in [4.69, 9.17) is 16.3 Å². The molecule has 0 bridgehead atoms. The molecule has 0 radical (unpaired) electrons. The quantitative estimate of drug-likeness (QED) is 0.872. The lowest BCUT2D eigenvalue weighted by Gasteiger charge is -2.24. The van der Waals surface area contributed by atoms with Crippen molar-refractivity contribution in [2.45, 2.75) is 45.4 Å². The van der Waals surface area contributed by atoms with Crippen molar-refractivity contribution in [2.24, 2.45) is 0 Å². The average Bonchev–Trinajstić information content (AvgIpc) is 2.85. The molecule has 0 aliphatic carbocycles. The fourth-order valence-electron chi connectivity index (χ4n) is 2.19. The zero-order valence-electron chi connectivity index (χ0n) is 12.7. The molecule has 1 aromatic heterocycles. The minimum atomic E-state index is -0.447. The maximum absolute atomic E-state index is 12.0. The molecule has 0 spiro atoms. The van der Waals surface area contributed by atoms with Crippen LogP contribution >= 0.6 is 11.6 Å². The Kier molecular flexibility index (Phi) is 5.06. The van der Waals surface area contributed by atoms with Crippen LogP contribution in [0.5, 0.6) is 0 Å². The van der Waals surface area contributed by atoms with E-state index in [0.29, 0.717) is 11.7 Å². The van der Waals surface area contributed by atoms with E-state index in [9.17, 15) is 4.79 Å². The fourth-order valence-corrected chi connectivity index (χ4v) is 2.30. The molecule has 2 heterocycles. The minimum Gasteiger partial charge on any atom is -0.444 e. The van der Waals surface area contributed by atoms with Gasteiger partial charge in [0, 0.05) is 31.9 Å². The molecule has 6 heteroatoms. The third-order valence-electron chi connectivity index (χ3n) is 3.22. The largest absolute Gasteiger partial charge is 0.444 e. The standard InChI is InChI=1S/C15H22ClN3O2/c1-15(2,3)21-14(20)19-7-6-12(10-19)17-8-11-4-5-13(16)18-9-11/h4-5,9,12,17H,6-8,10H2,1-3H3/t12-/m0/s1. The van der Waals surface area contributed by atoms with Gasteiger partial charge in [0.05, 0.1) is 0 Å². The zero-order chi connectivity index (χ0) is 15.5. The van der Waals surface area contributed by atoms with Gasteiger partial charge in [0.15, 0.2) is 0 Å². The molecular weight excluding hydrogens is 290 g/mol. The number of aromatic nitrogens is 1. The van der Waals surface area contributed by atoms with E-state index in [1.54, 1.807) is 17.2 Å². The number of pyridine rings is 1. The minimum absolute atomic E-state index is 0.236. The highest BCUT2D eigenvalue weighted by Crippen LogP contribution is 2.15. The summed E-state index contributed by atoms with van der Waals surface area (Å²) in [6.45, 7) is 7.76. The molecule has 0 unspecified atom stereocenters. The molecule has 5 nitrogen and oxygen atoms in total. The van der Waals surface area contributed by atoms with E-state index in [0.717, 1.165) is 25.1 Å². The predicted molar refractivity (Wildman–Crippen MR) is 82.3 cm³/mol. The van der Waals surface area contributed by atoms with Crippen LogP contribution in [-0.4, -0.2) is 40.7 Å². The Morgan fingerprint density at radius 2 is 2.29 bits per heavy atom. The molecule has 21 heavy (non-hydrogen) atoms. The Morgan fingerprint density at radius 3 is 2.90 bits per heavy atom. The van der Waals surface area contributed by atoms with Crippen LogP contribution in [0.15, 0.2) is 18.3 Å². The number of ether oxygens (including phenoxy) is 1. The highest BCUT2D eigenvalue weighted by Gasteiger charge is 2.29. The van der Waals surface area contributed by atoms with Crippen LogP contribution in [0.4, 0.5) is 4.79 Å². The van der Waals surface area contributed by atoms with Crippen LogP contribution in [0, 0.1) is 0 Å². The number of nitrogens with one attached hydrogen (secondary N) is 1. The van der Waals surface area contributed by atoms with Crippen molar-refractivity contribution < 1.29 is 9.53 Å². The highest BCUT2D eigenvalue weighted by atomic mass is 35.5. The Bertz CT molecular complexity index is 485. The Morgan fingerprint density at radius 1 is 1.52 bits per heavy atom. The summed E-state index contributed by atoms with van der Waals surface area (Å²) in [5, 5.41) is 3.93. The van der Waals surface area contributed by atoms with Gasteiger partial charge in [0.1, 0.15) is 10.8 Å². The van der Waals surface area contributed by atoms with E-state index in [-0.39, 0.29) is 12.1 Å². The number of amides is 1. The van der Waals surface area contributed by atoms with Gasteiger partial charge >= 0.3 is 6.09 Å². The van der Waals surface area contributed by atoms with Crippen molar-refractivity contribution in [3.8, 4) is 0 Å². The summed E-state index contributed by atoms with van der Waals surface area (Å²) in [6, 6.07) is 4.01. The van der Waals surface area contributed by atoms with E-state index >= 15 is 0 Å². The van der Waals surface area contributed by atoms with Gasteiger partial charge in [0.25, 0.3) is 0 Å². The van der Waals surface area contributed by atoms with E-state index in [2.05, 4.69) is 10.3 Å². The monoisotopic (exact) mass is 311 g/mol. The summed E-state index contributed by atoms with van der Waals surface area (Å²) in [4.78, 5) is 17.8. The first-order valence-electron chi connectivity index (χ1n) is 7.15. The molecule has 116 valence electrons. The molecule has 1 N–H and O–H groups in total. The molecule has 0 aromatic carbocycles. The fraction of sp³-hybridized carbons (Fsp3) is 0.600. The smallest absolute Gasteiger partial charge is 0.410 e. The van der Waals surface area contributed by atoms with Crippen LogP contribution in [0.25, 0.3) is 0 Å². The topological polar surface area (TPSA) is 54.5 Å². The van der Waals surface area contributed by atoms with E-state index in [1.807, 2.05) is 26.8 Å². The first kappa shape index (κ1) is 16.0. The average molecular weight is 312 g/mol. The maximum Gasteiger partial charge on any atom is 0.410 e. The second kappa shape index (κ2) is 6.62. The number of hydrogen-bond donors (Lipinski definition) is 1. The van der Waals surface area contributed by atoms with Crippen molar-refractivity contribution in [2.75, 3.05) is 13.1 Å². The molecule has 0 saturated carbocycles. The second-order valence-corrected chi connectivity index (χ2v) is 6.67. The van der Waals surface area contributed by atoms with Gasteiger partial charge in [-0.1, -0.05) is 17.7 Å². The van der Waals surface area contributed by atoms with Crippen molar-refractivity contribution in [3.63, 3.8) is 0 Å². The van der Waals surface area contributed by atoms with Gasteiger partial charge in [-0.15, -0.1) is 0 Å². The van der Waals surface area contributed by atoms with Gasteiger partial charge in [-0.25, -0.2) is 9.78 Å². The summed E-state index contributed by atoms with van der Waals surface area (Å²) in [7, 11) is 0.